The Morgan fingerprint density at radius 1 is 1.23 bits per heavy atom. The number of nitrogens with one attached hydrogen (secondary N) is 3. The van der Waals surface area contributed by atoms with Gasteiger partial charge in [-0.3, -0.25) is 15.0 Å². The van der Waals surface area contributed by atoms with Gasteiger partial charge in [-0.2, -0.15) is 0 Å². The third-order valence-corrected chi connectivity index (χ3v) is 2.33. The lowest BCUT2D eigenvalue weighted by Crippen LogP contribution is -2.44. The maximum absolute atomic E-state index is 13.2. The second-order valence-electron chi connectivity index (χ2n) is 3.96. The summed E-state index contributed by atoms with van der Waals surface area (Å²) in [6, 6.07) is 2.94. The van der Waals surface area contributed by atoms with Crippen LogP contribution in [0.15, 0.2) is 18.2 Å². The van der Waals surface area contributed by atoms with Crippen LogP contribution in [0.3, 0.4) is 0 Å². The van der Waals surface area contributed by atoms with E-state index in [2.05, 4.69) is 10.1 Å². The molecule has 3 N–H and O–H groups in total. The van der Waals surface area contributed by atoms with Crippen molar-refractivity contribution in [3.63, 3.8) is 0 Å². The highest BCUT2D eigenvalue weighted by molar-refractivity contribution is 5.96. The van der Waals surface area contributed by atoms with Gasteiger partial charge in [-0.15, -0.1) is 0 Å². The van der Waals surface area contributed by atoms with Crippen LogP contribution in [0.25, 0.3) is 0 Å². The van der Waals surface area contributed by atoms with Crippen LogP contribution >= 0.6 is 0 Å². The lowest BCUT2D eigenvalue weighted by molar-refractivity contribution is -0.146. The summed E-state index contributed by atoms with van der Waals surface area (Å²) in [6.45, 7) is 1.77. The fourth-order valence-electron chi connectivity index (χ4n) is 1.41. The first-order valence-electron chi connectivity index (χ1n) is 6.31. The molecule has 0 unspecified atom stereocenters. The molecule has 120 valence electrons. The standard InChI is InChI=1S/C13H16FN3O5/c1-3-22-12(19)7-11(18)16-17-13(20)15-8-4-5-9(14)10(6-8)21-2/h4-6H,3,7H2,1-2H3,(H,16,18)(H2,15,17,20). The summed E-state index contributed by atoms with van der Waals surface area (Å²) in [7, 11) is 1.29. The van der Waals surface area contributed by atoms with Gasteiger partial charge in [0, 0.05) is 11.8 Å². The number of methoxy groups -OCH3 is 1. The van der Waals surface area contributed by atoms with Crippen LogP contribution in [-0.2, 0) is 14.3 Å². The molecule has 0 heterocycles. The molecule has 0 saturated carbocycles. The zero-order valence-corrected chi connectivity index (χ0v) is 12.1. The smallest absolute Gasteiger partial charge is 0.337 e. The molecule has 0 radical (unpaired) electrons. The number of hydrogen-bond acceptors (Lipinski definition) is 5. The first-order chi connectivity index (χ1) is 10.5. The van der Waals surface area contributed by atoms with E-state index in [1.165, 1.54) is 19.2 Å². The Balaban J connectivity index is 2.43. The Labute approximate surface area is 125 Å². The van der Waals surface area contributed by atoms with Crippen LogP contribution in [-0.4, -0.2) is 31.6 Å². The number of carbonyl (C=O) groups is 3. The molecule has 0 spiro atoms. The van der Waals surface area contributed by atoms with Gasteiger partial charge in [-0.05, 0) is 19.1 Å². The fourth-order valence-corrected chi connectivity index (χ4v) is 1.41. The van der Waals surface area contributed by atoms with Crippen molar-refractivity contribution in [2.75, 3.05) is 19.0 Å². The van der Waals surface area contributed by atoms with Crippen LogP contribution in [0.2, 0.25) is 0 Å². The van der Waals surface area contributed by atoms with E-state index in [0.717, 1.165) is 6.07 Å². The van der Waals surface area contributed by atoms with E-state index < -0.39 is 30.1 Å². The lowest BCUT2D eigenvalue weighted by Gasteiger charge is -2.10. The van der Waals surface area contributed by atoms with Gasteiger partial charge in [0.25, 0.3) is 0 Å². The molecule has 9 heteroatoms. The van der Waals surface area contributed by atoms with Crippen LogP contribution in [0, 0.1) is 5.82 Å². The van der Waals surface area contributed by atoms with Crippen molar-refractivity contribution >= 4 is 23.6 Å². The number of carbonyl (C=O) groups excluding carboxylic acids is 3. The molecule has 0 aliphatic rings. The zero-order chi connectivity index (χ0) is 16.5. The predicted molar refractivity (Wildman–Crippen MR) is 74.5 cm³/mol. The van der Waals surface area contributed by atoms with Gasteiger partial charge >= 0.3 is 12.0 Å². The molecule has 1 rings (SSSR count). The minimum atomic E-state index is -0.772. The summed E-state index contributed by atoms with van der Waals surface area (Å²) in [5.41, 5.74) is 4.32. The quantitative estimate of drug-likeness (QED) is 0.426. The highest BCUT2D eigenvalue weighted by Gasteiger charge is 2.11. The van der Waals surface area contributed by atoms with Crippen molar-refractivity contribution < 1.29 is 28.2 Å². The van der Waals surface area contributed by atoms with Gasteiger partial charge in [0.05, 0.1) is 13.7 Å². The van der Waals surface area contributed by atoms with Gasteiger partial charge in [-0.25, -0.2) is 14.6 Å². The molecule has 1 aromatic carbocycles. The number of urea groups is 1. The molecule has 0 aromatic heterocycles. The van der Waals surface area contributed by atoms with E-state index >= 15 is 0 Å². The summed E-state index contributed by atoms with van der Waals surface area (Å²) in [4.78, 5) is 33.9. The van der Waals surface area contributed by atoms with E-state index in [0.29, 0.717) is 0 Å². The lowest BCUT2D eigenvalue weighted by atomic mass is 10.3. The van der Waals surface area contributed by atoms with E-state index in [9.17, 15) is 18.8 Å². The molecule has 22 heavy (non-hydrogen) atoms. The normalized spacial score (nSPS) is 9.59. The Bertz CT molecular complexity index is 565. The Morgan fingerprint density at radius 2 is 1.95 bits per heavy atom. The van der Waals surface area contributed by atoms with Crippen LogP contribution in [0.1, 0.15) is 13.3 Å². The van der Waals surface area contributed by atoms with Gasteiger partial charge in [-0.1, -0.05) is 0 Å². The zero-order valence-electron chi connectivity index (χ0n) is 12.1. The maximum Gasteiger partial charge on any atom is 0.337 e. The van der Waals surface area contributed by atoms with Gasteiger partial charge in [0.15, 0.2) is 11.6 Å². The van der Waals surface area contributed by atoms with Crippen molar-refractivity contribution in [3.05, 3.63) is 24.0 Å². The second-order valence-corrected chi connectivity index (χ2v) is 3.96. The summed E-state index contributed by atoms with van der Waals surface area (Å²) < 4.78 is 22.5. The highest BCUT2D eigenvalue weighted by atomic mass is 19.1. The fraction of sp³-hybridized carbons (Fsp3) is 0.308. The van der Waals surface area contributed by atoms with Gasteiger partial charge < -0.3 is 14.8 Å². The minimum absolute atomic E-state index is 0.0378. The van der Waals surface area contributed by atoms with E-state index in [1.54, 1.807) is 6.92 Å². The Hall–Kier alpha value is -2.84. The van der Waals surface area contributed by atoms with Gasteiger partial charge in [0.1, 0.15) is 6.42 Å². The van der Waals surface area contributed by atoms with Crippen molar-refractivity contribution in [2.45, 2.75) is 13.3 Å². The number of anilines is 1. The number of halogens is 1. The maximum atomic E-state index is 13.2. The summed E-state index contributed by atoms with van der Waals surface area (Å²) >= 11 is 0. The van der Waals surface area contributed by atoms with Crippen LogP contribution < -0.4 is 20.9 Å². The van der Waals surface area contributed by atoms with Crippen LogP contribution in [0.4, 0.5) is 14.9 Å². The molecule has 0 atom stereocenters. The first-order valence-corrected chi connectivity index (χ1v) is 6.31. The molecular weight excluding hydrogens is 297 g/mol. The number of ether oxygens (including phenoxy) is 2. The first kappa shape index (κ1) is 17.2. The van der Waals surface area contributed by atoms with Crippen molar-refractivity contribution in [3.8, 4) is 5.75 Å². The van der Waals surface area contributed by atoms with E-state index in [4.69, 9.17) is 4.74 Å². The van der Waals surface area contributed by atoms with Crippen molar-refractivity contribution in [2.24, 2.45) is 0 Å². The number of amides is 3. The predicted octanol–water partition coefficient (Wildman–Crippen LogP) is 0.940. The number of esters is 1. The van der Waals surface area contributed by atoms with Crippen LogP contribution in [0.5, 0.6) is 5.75 Å². The topological polar surface area (TPSA) is 106 Å². The molecular formula is C13H16FN3O5. The molecule has 0 bridgehead atoms. The number of hydrazine groups is 1. The SMILES string of the molecule is CCOC(=O)CC(=O)NNC(=O)Nc1ccc(F)c(OC)c1. The second kappa shape index (κ2) is 8.45. The number of rotatable bonds is 5. The summed E-state index contributed by atoms with van der Waals surface area (Å²) in [6.07, 6.45) is -0.515. The molecule has 0 saturated heterocycles. The van der Waals surface area contributed by atoms with E-state index in [1.807, 2.05) is 10.9 Å². The van der Waals surface area contributed by atoms with E-state index in [-0.39, 0.29) is 18.0 Å². The highest BCUT2D eigenvalue weighted by Crippen LogP contribution is 2.21. The molecule has 3 amide bonds. The average Bonchev–Trinajstić information content (AvgIpc) is 2.47. The van der Waals surface area contributed by atoms with Crippen molar-refractivity contribution in [1.82, 2.24) is 10.9 Å². The van der Waals surface area contributed by atoms with Gasteiger partial charge in [0.2, 0.25) is 5.91 Å². The summed E-state index contributed by atoms with van der Waals surface area (Å²) in [5.74, 6) is -2.05. The average molecular weight is 313 g/mol. The minimum Gasteiger partial charge on any atom is -0.494 e. The molecule has 1 aromatic rings. The molecule has 0 fully saturated rings. The summed E-state index contributed by atoms with van der Waals surface area (Å²) in [5, 5.41) is 2.35. The third-order valence-electron chi connectivity index (χ3n) is 2.33. The van der Waals surface area contributed by atoms with Crippen molar-refractivity contribution in [1.29, 1.82) is 0 Å². The molecule has 8 nitrogen and oxygen atoms in total. The number of hydrogen-bond donors (Lipinski definition) is 3. The molecule has 0 aliphatic heterocycles. The molecule has 0 aliphatic carbocycles. The monoisotopic (exact) mass is 313 g/mol. The Morgan fingerprint density at radius 3 is 2.59 bits per heavy atom. The number of benzene rings is 1. The third kappa shape index (κ3) is 5.65. The Kier molecular flexibility index (Phi) is 6.61. The largest absolute Gasteiger partial charge is 0.494 e.